The lowest BCUT2D eigenvalue weighted by Gasteiger charge is -2.33. The van der Waals surface area contributed by atoms with Gasteiger partial charge in [0.05, 0.1) is 4.92 Å². The second kappa shape index (κ2) is 4.96. The molecule has 1 unspecified atom stereocenters. The number of nitro groups is 1. The Morgan fingerprint density at radius 3 is 2.84 bits per heavy atom. The highest BCUT2D eigenvalue weighted by molar-refractivity contribution is 5.97. The number of aryl methyl sites for hydroxylation is 2. The minimum absolute atomic E-state index is 0.0102. The van der Waals surface area contributed by atoms with Gasteiger partial charge in [-0.2, -0.15) is 5.10 Å². The van der Waals surface area contributed by atoms with Crippen molar-refractivity contribution in [3.8, 4) is 0 Å². The van der Waals surface area contributed by atoms with Crippen LogP contribution in [0.4, 0.5) is 5.69 Å². The van der Waals surface area contributed by atoms with Gasteiger partial charge in [0, 0.05) is 32.7 Å². The van der Waals surface area contributed by atoms with E-state index in [-0.39, 0.29) is 29.0 Å². The fourth-order valence-electron chi connectivity index (χ4n) is 2.38. The number of rotatable bonds is 2. The second-order valence-corrected chi connectivity index (χ2v) is 4.72. The lowest BCUT2D eigenvalue weighted by Crippen LogP contribution is -2.52. The lowest BCUT2D eigenvalue weighted by atomic mass is 10.2. The molecule has 0 aliphatic carbocycles. The topological polar surface area (TPSA) is 93.3 Å². The minimum atomic E-state index is -0.539. The Morgan fingerprint density at radius 1 is 1.58 bits per heavy atom. The zero-order chi connectivity index (χ0) is 14.2. The maximum atomic E-state index is 12.5. The van der Waals surface area contributed by atoms with Gasteiger partial charge in [0.25, 0.3) is 5.91 Å². The third-order valence-electron chi connectivity index (χ3n) is 3.34. The molecule has 1 atom stereocenters. The first-order chi connectivity index (χ1) is 8.93. The predicted molar refractivity (Wildman–Crippen MR) is 68.0 cm³/mol. The first-order valence-electron chi connectivity index (χ1n) is 6.13. The Hall–Kier alpha value is -1.96. The zero-order valence-corrected chi connectivity index (χ0v) is 11.2. The van der Waals surface area contributed by atoms with Crippen LogP contribution in [0.5, 0.6) is 0 Å². The van der Waals surface area contributed by atoms with Crippen molar-refractivity contribution in [3.05, 3.63) is 21.5 Å². The molecule has 2 heterocycles. The maximum Gasteiger partial charge on any atom is 0.322 e. The van der Waals surface area contributed by atoms with Crippen LogP contribution in [-0.4, -0.2) is 51.2 Å². The van der Waals surface area contributed by atoms with E-state index in [0.29, 0.717) is 19.6 Å². The molecular formula is C11H17N5O3. The van der Waals surface area contributed by atoms with Crippen LogP contribution in [0.15, 0.2) is 0 Å². The summed E-state index contributed by atoms with van der Waals surface area (Å²) in [5, 5.41) is 18.3. The van der Waals surface area contributed by atoms with Gasteiger partial charge in [0.1, 0.15) is 5.69 Å². The van der Waals surface area contributed by atoms with Crippen LogP contribution in [0.25, 0.3) is 0 Å². The largest absolute Gasteiger partial charge is 0.332 e. The summed E-state index contributed by atoms with van der Waals surface area (Å²) in [5.41, 5.74) is 0.119. The highest BCUT2D eigenvalue weighted by Gasteiger charge is 2.34. The number of carbonyl (C=O) groups excluding carboxylic acids is 1. The van der Waals surface area contributed by atoms with Gasteiger partial charge in [-0.15, -0.1) is 0 Å². The fraction of sp³-hybridized carbons (Fsp3) is 0.636. The Bertz CT molecular complexity index is 525. The number of aromatic nitrogens is 2. The lowest BCUT2D eigenvalue weighted by molar-refractivity contribution is -0.385. The molecule has 0 spiro atoms. The first kappa shape index (κ1) is 13.5. The molecule has 0 bridgehead atoms. The van der Waals surface area contributed by atoms with Gasteiger partial charge in [-0.3, -0.25) is 19.6 Å². The number of hydrogen-bond acceptors (Lipinski definition) is 5. The molecule has 1 aliphatic heterocycles. The van der Waals surface area contributed by atoms with Crippen LogP contribution in [-0.2, 0) is 7.05 Å². The van der Waals surface area contributed by atoms with Gasteiger partial charge in [0.2, 0.25) is 5.69 Å². The molecular weight excluding hydrogens is 250 g/mol. The molecule has 1 aliphatic rings. The number of nitrogens with one attached hydrogen (secondary N) is 1. The van der Waals surface area contributed by atoms with Crippen molar-refractivity contribution < 1.29 is 9.72 Å². The SMILES string of the molecule is Cc1nn(C)c(C(=O)N2CCNCC2C)c1[N+](=O)[O-]. The molecule has 8 nitrogen and oxygen atoms in total. The Kier molecular flexibility index (Phi) is 3.52. The van der Waals surface area contributed by atoms with Gasteiger partial charge < -0.3 is 10.2 Å². The van der Waals surface area contributed by atoms with Gasteiger partial charge in [-0.25, -0.2) is 0 Å². The highest BCUT2D eigenvalue weighted by Crippen LogP contribution is 2.24. The number of carbonyl (C=O) groups is 1. The van der Waals surface area contributed by atoms with Crippen molar-refractivity contribution >= 4 is 11.6 Å². The van der Waals surface area contributed by atoms with Crippen molar-refractivity contribution in [2.24, 2.45) is 7.05 Å². The predicted octanol–water partition coefficient (Wildman–Crippen LogP) is 0.0706. The smallest absolute Gasteiger partial charge is 0.322 e. The van der Waals surface area contributed by atoms with Gasteiger partial charge in [0.15, 0.2) is 0 Å². The second-order valence-electron chi connectivity index (χ2n) is 4.72. The van der Waals surface area contributed by atoms with Crippen LogP contribution in [0.1, 0.15) is 23.1 Å². The molecule has 19 heavy (non-hydrogen) atoms. The third kappa shape index (κ3) is 2.30. The van der Waals surface area contributed by atoms with E-state index in [4.69, 9.17) is 0 Å². The molecule has 2 rings (SSSR count). The average Bonchev–Trinajstić information content (AvgIpc) is 2.64. The molecule has 1 saturated heterocycles. The highest BCUT2D eigenvalue weighted by atomic mass is 16.6. The zero-order valence-electron chi connectivity index (χ0n) is 11.2. The minimum Gasteiger partial charge on any atom is -0.332 e. The third-order valence-corrected chi connectivity index (χ3v) is 3.34. The summed E-state index contributed by atoms with van der Waals surface area (Å²) in [6, 6.07) is 0.0102. The summed E-state index contributed by atoms with van der Waals surface area (Å²) in [6.45, 7) is 5.38. The van der Waals surface area contributed by atoms with Crippen molar-refractivity contribution in [2.75, 3.05) is 19.6 Å². The van der Waals surface area contributed by atoms with Gasteiger partial charge >= 0.3 is 5.69 Å². The Labute approximate surface area is 110 Å². The van der Waals surface area contributed by atoms with Crippen molar-refractivity contribution in [3.63, 3.8) is 0 Å². The number of piperazine rings is 1. The number of nitrogens with zero attached hydrogens (tertiary/aromatic N) is 4. The van der Waals surface area contributed by atoms with Gasteiger partial charge in [-0.05, 0) is 13.8 Å². The van der Waals surface area contributed by atoms with E-state index in [1.54, 1.807) is 11.9 Å². The molecule has 104 valence electrons. The maximum absolute atomic E-state index is 12.5. The van der Waals surface area contributed by atoms with E-state index >= 15 is 0 Å². The first-order valence-corrected chi connectivity index (χ1v) is 6.13. The Morgan fingerprint density at radius 2 is 2.26 bits per heavy atom. The summed E-state index contributed by atoms with van der Waals surface area (Å²) >= 11 is 0. The summed E-state index contributed by atoms with van der Waals surface area (Å²) < 4.78 is 1.30. The number of hydrogen-bond donors (Lipinski definition) is 1. The summed E-state index contributed by atoms with van der Waals surface area (Å²) in [6.07, 6.45) is 0. The van der Waals surface area contributed by atoms with Crippen LogP contribution in [0.3, 0.4) is 0 Å². The van der Waals surface area contributed by atoms with Crippen molar-refractivity contribution in [2.45, 2.75) is 19.9 Å². The van der Waals surface area contributed by atoms with Crippen molar-refractivity contribution in [1.82, 2.24) is 20.0 Å². The van der Waals surface area contributed by atoms with E-state index in [1.807, 2.05) is 6.92 Å². The molecule has 0 radical (unpaired) electrons. The van der Waals surface area contributed by atoms with E-state index in [9.17, 15) is 14.9 Å². The fourth-order valence-corrected chi connectivity index (χ4v) is 2.38. The standard InChI is InChI=1S/C11H17N5O3/c1-7-6-12-4-5-15(7)11(17)10-9(16(18)19)8(2)13-14(10)3/h7,12H,4-6H2,1-3H3. The van der Waals surface area contributed by atoms with E-state index in [1.165, 1.54) is 11.6 Å². The summed E-state index contributed by atoms with van der Waals surface area (Å²) in [5.74, 6) is -0.330. The summed E-state index contributed by atoms with van der Waals surface area (Å²) in [7, 11) is 1.56. The molecule has 1 aromatic rings. The average molecular weight is 267 g/mol. The van der Waals surface area contributed by atoms with Crippen LogP contribution in [0, 0.1) is 17.0 Å². The quantitative estimate of drug-likeness (QED) is 0.604. The van der Waals surface area contributed by atoms with Crippen molar-refractivity contribution in [1.29, 1.82) is 0 Å². The van der Waals surface area contributed by atoms with Crippen LogP contribution < -0.4 is 5.32 Å². The molecule has 1 aromatic heterocycles. The molecule has 0 saturated carbocycles. The van der Waals surface area contributed by atoms with E-state index < -0.39 is 4.92 Å². The Balaban J connectivity index is 2.41. The number of amides is 1. The van der Waals surface area contributed by atoms with Crippen LogP contribution >= 0.6 is 0 Å². The molecule has 1 fully saturated rings. The molecule has 8 heteroatoms. The van der Waals surface area contributed by atoms with Gasteiger partial charge in [-0.1, -0.05) is 0 Å². The molecule has 1 N–H and O–H groups in total. The molecule has 0 aromatic carbocycles. The summed E-state index contributed by atoms with van der Waals surface area (Å²) in [4.78, 5) is 24.7. The van der Waals surface area contributed by atoms with E-state index in [2.05, 4.69) is 10.4 Å². The van der Waals surface area contributed by atoms with Crippen LogP contribution in [0.2, 0.25) is 0 Å². The van der Waals surface area contributed by atoms with E-state index in [0.717, 1.165) is 0 Å². The molecule has 1 amide bonds. The normalized spacial score (nSPS) is 19.5. The monoisotopic (exact) mass is 267 g/mol.